The number of fused-ring (bicyclic) bond motifs is 5. The van der Waals surface area contributed by atoms with Gasteiger partial charge in [-0.15, -0.1) is 0 Å². The summed E-state index contributed by atoms with van der Waals surface area (Å²) in [6.07, 6.45) is 8.81. The minimum absolute atomic E-state index is 0.0361. The summed E-state index contributed by atoms with van der Waals surface area (Å²) in [5.74, 6) is 1.91. The van der Waals surface area contributed by atoms with Gasteiger partial charge >= 0.3 is 9.15 Å². The summed E-state index contributed by atoms with van der Waals surface area (Å²) in [5, 5.41) is 0. The third-order valence-corrected chi connectivity index (χ3v) is 10.1. The molecule has 0 saturated heterocycles. The summed E-state index contributed by atoms with van der Waals surface area (Å²) >= 11 is 0. The smallest absolute Gasteiger partial charge is 0.298 e. The van der Waals surface area contributed by atoms with Crippen molar-refractivity contribution in [2.24, 2.45) is 35.0 Å². The van der Waals surface area contributed by atoms with Crippen LogP contribution >= 0.6 is 10.8 Å². The van der Waals surface area contributed by atoms with E-state index in [0.29, 0.717) is 54.5 Å². The Bertz CT molecular complexity index is 755. The standard InChI is InChI=1S/C20H29FO4S2.C2H6.CH3F/c1-20-9-8-15-14-5-3-13(21)10-12(14)2-4-16(15)17(20)6-7-18(20)19(22)11-26-27(23,24)25;2*1-2/h2,13-18H,3-11H2,1H3,(H,23,24,25);1-2H3;1H3/t13-,14?,15?,16?,17?,18?,20?;;/m0../s1. The van der Waals surface area contributed by atoms with Gasteiger partial charge in [-0.05, 0) is 80.5 Å². The van der Waals surface area contributed by atoms with E-state index in [1.807, 2.05) is 13.8 Å². The summed E-state index contributed by atoms with van der Waals surface area (Å²) in [5.41, 5.74) is 1.27. The van der Waals surface area contributed by atoms with Crippen LogP contribution < -0.4 is 0 Å². The Hall–Kier alpha value is -0.470. The Morgan fingerprint density at radius 3 is 2.48 bits per heavy atom. The summed E-state index contributed by atoms with van der Waals surface area (Å²) in [7, 11) is -3.34. The van der Waals surface area contributed by atoms with E-state index in [2.05, 4.69) is 13.0 Å². The highest BCUT2D eigenvalue weighted by Gasteiger charge is 2.57. The van der Waals surface area contributed by atoms with Crippen molar-refractivity contribution in [2.75, 3.05) is 12.9 Å². The fourth-order valence-electron chi connectivity index (χ4n) is 6.98. The van der Waals surface area contributed by atoms with Crippen LogP contribution in [0.5, 0.6) is 0 Å². The van der Waals surface area contributed by atoms with Gasteiger partial charge in [0.1, 0.15) is 12.0 Å². The highest BCUT2D eigenvalue weighted by atomic mass is 33.1. The first-order chi connectivity index (χ1) is 14.7. The van der Waals surface area contributed by atoms with Crippen LogP contribution in [0, 0.1) is 35.0 Å². The Labute approximate surface area is 190 Å². The molecule has 0 aromatic carbocycles. The zero-order valence-corrected chi connectivity index (χ0v) is 20.8. The number of ketones is 1. The SMILES string of the molecule is CC.CC12CCC3C4CC[C@H](F)CC4=CCC3C1CCC2C(=O)CSS(=O)(=O)O.CF. The number of hydrogen-bond acceptors (Lipinski definition) is 4. The average Bonchev–Trinajstić information content (AvgIpc) is 3.11. The third kappa shape index (κ3) is 5.72. The van der Waals surface area contributed by atoms with Gasteiger partial charge in [0, 0.05) is 16.7 Å². The van der Waals surface area contributed by atoms with Crippen molar-refractivity contribution < 1.29 is 26.5 Å². The molecular weight excluding hydrogens is 442 g/mol. The number of hydrogen-bond donors (Lipinski definition) is 1. The monoisotopic (exact) mass is 480 g/mol. The Kier molecular flexibility index (Phi) is 9.59. The molecule has 4 aliphatic carbocycles. The molecule has 0 spiro atoms. The fourth-order valence-corrected chi connectivity index (χ4v) is 8.25. The number of alkyl halides is 2. The summed E-state index contributed by atoms with van der Waals surface area (Å²) in [4.78, 5) is 12.7. The molecule has 180 valence electrons. The fraction of sp³-hybridized carbons (Fsp3) is 0.870. The lowest BCUT2D eigenvalue weighted by molar-refractivity contribution is -0.126. The summed E-state index contributed by atoms with van der Waals surface area (Å²) < 4.78 is 54.2. The van der Waals surface area contributed by atoms with Crippen molar-refractivity contribution in [3.8, 4) is 0 Å². The first-order valence-corrected chi connectivity index (χ1v) is 14.5. The molecule has 4 nitrogen and oxygen atoms in total. The van der Waals surface area contributed by atoms with E-state index in [-0.39, 0.29) is 22.9 Å². The minimum Gasteiger partial charge on any atom is -0.298 e. The lowest BCUT2D eigenvalue weighted by atomic mass is 9.51. The molecule has 4 rings (SSSR count). The number of Topliss-reactive ketones (excluding diaryl/α,β-unsaturated/α-hetero) is 1. The predicted octanol–water partition coefficient (Wildman–Crippen LogP) is 6.23. The molecule has 0 amide bonds. The topological polar surface area (TPSA) is 71.4 Å². The van der Waals surface area contributed by atoms with Gasteiger partial charge in [-0.25, -0.2) is 4.39 Å². The largest absolute Gasteiger partial charge is 0.320 e. The molecule has 4 aliphatic rings. The van der Waals surface area contributed by atoms with Gasteiger partial charge in [0.2, 0.25) is 0 Å². The van der Waals surface area contributed by atoms with Crippen LogP contribution in [-0.2, 0) is 13.9 Å². The minimum atomic E-state index is -4.18. The lowest BCUT2D eigenvalue weighted by Gasteiger charge is -2.53. The quantitative estimate of drug-likeness (QED) is 0.293. The van der Waals surface area contributed by atoms with Crippen molar-refractivity contribution in [1.29, 1.82) is 0 Å². The molecule has 0 radical (unpaired) electrons. The van der Waals surface area contributed by atoms with Crippen LogP contribution in [0.1, 0.15) is 72.1 Å². The molecule has 3 saturated carbocycles. The lowest BCUT2D eigenvalue weighted by Crippen LogP contribution is -2.47. The van der Waals surface area contributed by atoms with Gasteiger partial charge in [-0.3, -0.25) is 13.7 Å². The predicted molar refractivity (Wildman–Crippen MR) is 123 cm³/mol. The van der Waals surface area contributed by atoms with Crippen LogP contribution in [0.3, 0.4) is 0 Å². The van der Waals surface area contributed by atoms with E-state index >= 15 is 0 Å². The molecule has 8 heteroatoms. The van der Waals surface area contributed by atoms with Gasteiger partial charge in [0.15, 0.2) is 0 Å². The molecule has 0 aliphatic heterocycles. The maximum Gasteiger partial charge on any atom is 0.320 e. The number of carbonyl (C=O) groups is 1. The van der Waals surface area contributed by atoms with E-state index in [1.54, 1.807) is 0 Å². The molecule has 0 heterocycles. The normalized spacial score (nSPS) is 38.7. The van der Waals surface area contributed by atoms with Crippen molar-refractivity contribution in [3.05, 3.63) is 11.6 Å². The van der Waals surface area contributed by atoms with E-state index in [1.165, 1.54) is 5.57 Å². The van der Waals surface area contributed by atoms with Gasteiger partial charge in [0.25, 0.3) is 0 Å². The van der Waals surface area contributed by atoms with Crippen molar-refractivity contribution >= 4 is 25.7 Å². The van der Waals surface area contributed by atoms with Crippen LogP contribution in [0.25, 0.3) is 0 Å². The second-order valence-electron chi connectivity index (χ2n) is 9.26. The number of allylic oxidation sites excluding steroid dienone is 2. The van der Waals surface area contributed by atoms with Crippen LogP contribution in [0.15, 0.2) is 11.6 Å². The van der Waals surface area contributed by atoms with Crippen LogP contribution in [0.4, 0.5) is 8.78 Å². The van der Waals surface area contributed by atoms with E-state index < -0.39 is 15.3 Å². The number of carbonyl (C=O) groups excluding carboxylic acids is 1. The van der Waals surface area contributed by atoms with Crippen LogP contribution in [-0.4, -0.2) is 37.9 Å². The highest BCUT2D eigenvalue weighted by Crippen LogP contribution is 2.63. The second-order valence-corrected chi connectivity index (χ2v) is 12.6. The van der Waals surface area contributed by atoms with Crippen molar-refractivity contribution in [1.82, 2.24) is 0 Å². The maximum atomic E-state index is 13.8. The Balaban J connectivity index is 0.000000807. The van der Waals surface area contributed by atoms with Gasteiger partial charge < -0.3 is 0 Å². The zero-order valence-electron chi connectivity index (χ0n) is 19.1. The Morgan fingerprint density at radius 1 is 1.16 bits per heavy atom. The summed E-state index contributed by atoms with van der Waals surface area (Å²) in [6.45, 7) is 6.22. The molecule has 1 N–H and O–H groups in total. The van der Waals surface area contributed by atoms with E-state index in [0.717, 1.165) is 38.5 Å². The second kappa shape index (κ2) is 11.1. The molecule has 0 aromatic heterocycles. The van der Waals surface area contributed by atoms with E-state index in [9.17, 15) is 22.0 Å². The van der Waals surface area contributed by atoms with Gasteiger partial charge in [-0.1, -0.05) is 32.4 Å². The first kappa shape index (κ1) is 26.8. The average molecular weight is 481 g/mol. The van der Waals surface area contributed by atoms with Crippen LogP contribution in [0.2, 0.25) is 0 Å². The van der Waals surface area contributed by atoms with Gasteiger partial charge in [0.05, 0.1) is 12.9 Å². The Morgan fingerprint density at radius 2 is 1.84 bits per heavy atom. The first-order valence-electron chi connectivity index (χ1n) is 11.5. The van der Waals surface area contributed by atoms with E-state index in [4.69, 9.17) is 4.55 Å². The molecular formula is C23H38F2O4S2. The zero-order chi connectivity index (χ0) is 23.4. The van der Waals surface area contributed by atoms with Crippen molar-refractivity contribution in [3.63, 3.8) is 0 Å². The van der Waals surface area contributed by atoms with Gasteiger partial charge in [-0.2, -0.15) is 8.42 Å². The molecule has 31 heavy (non-hydrogen) atoms. The molecule has 3 fully saturated rings. The number of rotatable bonds is 4. The summed E-state index contributed by atoms with van der Waals surface area (Å²) in [6, 6.07) is 0. The highest BCUT2D eigenvalue weighted by molar-refractivity contribution is 8.70. The molecule has 0 bridgehead atoms. The molecule has 7 atom stereocenters. The molecule has 6 unspecified atom stereocenters. The number of halogens is 2. The third-order valence-electron chi connectivity index (χ3n) is 8.12. The maximum absolute atomic E-state index is 13.8. The van der Waals surface area contributed by atoms with Crippen molar-refractivity contribution in [2.45, 2.75) is 78.3 Å². The molecule has 0 aromatic rings.